The Labute approximate surface area is 114 Å². The van der Waals surface area contributed by atoms with Crippen molar-refractivity contribution in [2.24, 2.45) is 0 Å². The third-order valence-corrected chi connectivity index (χ3v) is 3.44. The normalized spacial score (nSPS) is 13.1. The molecule has 1 N–H and O–H groups in total. The highest BCUT2D eigenvalue weighted by Gasteiger charge is 2.17. The van der Waals surface area contributed by atoms with Gasteiger partial charge in [-0.15, -0.1) is 11.3 Å². The van der Waals surface area contributed by atoms with Gasteiger partial charge in [0.1, 0.15) is 13.2 Å². The van der Waals surface area contributed by atoms with E-state index in [2.05, 4.69) is 10.3 Å². The van der Waals surface area contributed by atoms with Gasteiger partial charge in [-0.3, -0.25) is 9.78 Å². The lowest BCUT2D eigenvalue weighted by Crippen LogP contribution is -2.19. The number of benzene rings is 1. The van der Waals surface area contributed by atoms with Crippen LogP contribution in [0.2, 0.25) is 0 Å². The minimum atomic E-state index is -0.0909. The molecule has 1 amide bonds. The summed E-state index contributed by atoms with van der Waals surface area (Å²) in [5, 5.41) is 2.84. The Bertz CT molecular complexity index is 584. The zero-order valence-electron chi connectivity index (χ0n) is 10.1. The first kappa shape index (κ1) is 12.0. The number of nitrogens with zero attached hydrogens (tertiary/aromatic N) is 1. The lowest BCUT2D eigenvalue weighted by atomic mass is 10.2. The molecular formula is C13H12N2O3S. The van der Waals surface area contributed by atoms with Crippen LogP contribution < -0.4 is 14.8 Å². The van der Waals surface area contributed by atoms with Crippen molar-refractivity contribution in [3.8, 4) is 11.5 Å². The Morgan fingerprint density at radius 1 is 1.37 bits per heavy atom. The van der Waals surface area contributed by atoms with Gasteiger partial charge in [0.05, 0.1) is 17.6 Å². The fraction of sp³-hybridized carbons (Fsp3) is 0.231. The number of carbonyl (C=O) groups excluding carboxylic acids is 1. The number of aromatic nitrogens is 1. The van der Waals surface area contributed by atoms with Gasteiger partial charge in [0.15, 0.2) is 11.5 Å². The van der Waals surface area contributed by atoms with Crippen molar-refractivity contribution in [1.29, 1.82) is 0 Å². The summed E-state index contributed by atoms with van der Waals surface area (Å²) in [5.41, 5.74) is 2.36. The molecule has 0 radical (unpaired) electrons. The summed E-state index contributed by atoms with van der Waals surface area (Å²) in [7, 11) is 0. The number of hydrogen-bond acceptors (Lipinski definition) is 5. The molecular weight excluding hydrogens is 264 g/mol. The second kappa shape index (κ2) is 5.27. The predicted octanol–water partition coefficient (Wildman–Crippen LogP) is 2.10. The van der Waals surface area contributed by atoms with E-state index in [1.54, 1.807) is 17.8 Å². The van der Waals surface area contributed by atoms with Crippen molar-refractivity contribution < 1.29 is 14.3 Å². The highest BCUT2D eigenvalue weighted by Crippen LogP contribution is 2.37. The first-order valence-corrected chi connectivity index (χ1v) is 6.77. The number of nitrogens with one attached hydrogen (secondary N) is 1. The first-order valence-electron chi connectivity index (χ1n) is 5.89. The topological polar surface area (TPSA) is 60.5 Å². The van der Waals surface area contributed by atoms with Gasteiger partial charge < -0.3 is 14.8 Å². The minimum absolute atomic E-state index is 0.0909. The number of thiazole rings is 1. The van der Waals surface area contributed by atoms with E-state index in [1.165, 1.54) is 11.3 Å². The molecule has 0 unspecified atom stereocenters. The van der Waals surface area contributed by atoms with Crippen LogP contribution in [0.3, 0.4) is 0 Å². The fourth-order valence-corrected chi connectivity index (χ4v) is 2.45. The van der Waals surface area contributed by atoms with Gasteiger partial charge in [-0.05, 0) is 12.1 Å². The summed E-state index contributed by atoms with van der Waals surface area (Å²) < 4.78 is 11.0. The van der Waals surface area contributed by atoms with E-state index in [1.807, 2.05) is 12.1 Å². The van der Waals surface area contributed by atoms with Crippen LogP contribution >= 0.6 is 11.3 Å². The molecule has 0 atom stereocenters. The van der Waals surface area contributed by atoms with Crippen LogP contribution in [0.15, 0.2) is 29.9 Å². The fourth-order valence-electron chi connectivity index (χ4n) is 1.85. The number of fused-ring (bicyclic) bond motifs is 1. The quantitative estimate of drug-likeness (QED) is 0.932. The standard InChI is InChI=1S/C13H12N2O3S/c16-12(6-9-7-14-8-19-9)15-10-2-1-3-11-13(10)18-5-4-17-11/h1-3,7-8H,4-6H2,(H,15,16). The molecule has 0 saturated carbocycles. The predicted molar refractivity (Wildman–Crippen MR) is 71.9 cm³/mol. The molecule has 0 spiro atoms. The van der Waals surface area contributed by atoms with Crippen LogP contribution in [0.25, 0.3) is 0 Å². The molecule has 0 aliphatic carbocycles. The van der Waals surface area contributed by atoms with Gasteiger partial charge in [-0.2, -0.15) is 0 Å². The van der Waals surface area contributed by atoms with Crippen LogP contribution in [0.1, 0.15) is 4.88 Å². The lowest BCUT2D eigenvalue weighted by molar-refractivity contribution is -0.115. The van der Waals surface area contributed by atoms with Crippen LogP contribution in [0, 0.1) is 0 Å². The summed E-state index contributed by atoms with van der Waals surface area (Å²) in [5.74, 6) is 1.18. The maximum atomic E-state index is 11.9. The molecule has 3 rings (SSSR count). The zero-order chi connectivity index (χ0) is 13.1. The second-order valence-electron chi connectivity index (χ2n) is 4.02. The Hall–Kier alpha value is -2.08. The summed E-state index contributed by atoms with van der Waals surface area (Å²) in [6, 6.07) is 5.46. The summed E-state index contributed by atoms with van der Waals surface area (Å²) in [6.45, 7) is 1.03. The van der Waals surface area contributed by atoms with Crippen LogP contribution in [-0.2, 0) is 11.2 Å². The number of rotatable bonds is 3. The average Bonchev–Trinajstić information content (AvgIpc) is 2.92. The van der Waals surface area contributed by atoms with Crippen molar-refractivity contribution in [2.45, 2.75) is 6.42 Å². The summed E-state index contributed by atoms with van der Waals surface area (Å²) in [4.78, 5) is 16.8. The molecule has 6 heteroatoms. The number of anilines is 1. The summed E-state index contributed by atoms with van der Waals surface area (Å²) in [6.07, 6.45) is 2.01. The monoisotopic (exact) mass is 276 g/mol. The molecule has 98 valence electrons. The molecule has 1 aliphatic heterocycles. The third kappa shape index (κ3) is 2.68. The molecule has 1 aromatic heterocycles. The second-order valence-corrected chi connectivity index (χ2v) is 4.99. The Morgan fingerprint density at radius 2 is 2.26 bits per heavy atom. The SMILES string of the molecule is O=C(Cc1cncs1)Nc1cccc2c1OCCO2. The lowest BCUT2D eigenvalue weighted by Gasteiger charge is -2.20. The van der Waals surface area contributed by atoms with Gasteiger partial charge in [0.25, 0.3) is 0 Å². The number of amides is 1. The van der Waals surface area contributed by atoms with E-state index >= 15 is 0 Å². The molecule has 1 aliphatic rings. The van der Waals surface area contributed by atoms with Crippen molar-refractivity contribution in [3.63, 3.8) is 0 Å². The van der Waals surface area contributed by atoms with Crippen molar-refractivity contribution in [1.82, 2.24) is 4.98 Å². The Balaban J connectivity index is 1.74. The van der Waals surface area contributed by atoms with E-state index in [-0.39, 0.29) is 5.91 Å². The molecule has 0 saturated heterocycles. The molecule has 1 aromatic carbocycles. The molecule has 2 aromatic rings. The minimum Gasteiger partial charge on any atom is -0.486 e. The van der Waals surface area contributed by atoms with Gasteiger partial charge in [-0.1, -0.05) is 6.07 Å². The number of carbonyl (C=O) groups is 1. The highest BCUT2D eigenvalue weighted by atomic mass is 32.1. The van der Waals surface area contributed by atoms with E-state index in [4.69, 9.17) is 9.47 Å². The van der Waals surface area contributed by atoms with Crippen LogP contribution in [0.4, 0.5) is 5.69 Å². The smallest absolute Gasteiger partial charge is 0.229 e. The molecule has 0 bridgehead atoms. The summed E-state index contributed by atoms with van der Waals surface area (Å²) >= 11 is 1.46. The molecule has 2 heterocycles. The third-order valence-electron chi connectivity index (χ3n) is 2.66. The molecule has 19 heavy (non-hydrogen) atoms. The van der Waals surface area contributed by atoms with Gasteiger partial charge >= 0.3 is 0 Å². The van der Waals surface area contributed by atoms with E-state index < -0.39 is 0 Å². The Morgan fingerprint density at radius 3 is 3.11 bits per heavy atom. The number of para-hydroxylation sites is 1. The van der Waals surface area contributed by atoms with E-state index in [0.717, 1.165) is 4.88 Å². The highest BCUT2D eigenvalue weighted by molar-refractivity contribution is 7.09. The molecule has 0 fully saturated rings. The average molecular weight is 276 g/mol. The van der Waals surface area contributed by atoms with Crippen molar-refractivity contribution in [3.05, 3.63) is 34.8 Å². The number of hydrogen-bond donors (Lipinski definition) is 1. The van der Waals surface area contributed by atoms with Gasteiger partial charge in [0, 0.05) is 11.1 Å². The maximum Gasteiger partial charge on any atom is 0.229 e. The van der Waals surface area contributed by atoms with Crippen molar-refractivity contribution >= 4 is 22.9 Å². The largest absolute Gasteiger partial charge is 0.486 e. The zero-order valence-corrected chi connectivity index (χ0v) is 10.9. The maximum absolute atomic E-state index is 11.9. The first-order chi connectivity index (χ1) is 9.33. The van der Waals surface area contributed by atoms with Gasteiger partial charge in [-0.25, -0.2) is 0 Å². The van der Waals surface area contributed by atoms with E-state index in [9.17, 15) is 4.79 Å². The van der Waals surface area contributed by atoms with Crippen molar-refractivity contribution in [2.75, 3.05) is 18.5 Å². The number of ether oxygens (including phenoxy) is 2. The van der Waals surface area contributed by atoms with Crippen LogP contribution in [0.5, 0.6) is 11.5 Å². The molecule has 5 nitrogen and oxygen atoms in total. The van der Waals surface area contributed by atoms with Gasteiger partial charge in [0.2, 0.25) is 5.91 Å². The Kier molecular flexibility index (Phi) is 3.33. The van der Waals surface area contributed by atoms with Crippen LogP contribution in [-0.4, -0.2) is 24.1 Å². The van der Waals surface area contributed by atoms with E-state index in [0.29, 0.717) is 36.8 Å².